The predicted octanol–water partition coefficient (Wildman–Crippen LogP) is 2.84. The molecule has 1 fully saturated rings. The summed E-state index contributed by atoms with van der Waals surface area (Å²) in [6.45, 7) is 2.06. The molecule has 1 saturated carbocycles. The molecule has 1 aromatic rings. The van der Waals surface area contributed by atoms with E-state index in [1.165, 1.54) is 0 Å². The maximum atomic E-state index is 6.02. The Labute approximate surface area is 82.9 Å². The molecule has 0 aliphatic heterocycles. The molecule has 2 nitrogen and oxygen atoms in total. The van der Waals surface area contributed by atoms with Crippen LogP contribution in [0.15, 0.2) is 12.3 Å². The highest BCUT2D eigenvalue weighted by Gasteiger charge is 2.24. The maximum Gasteiger partial charge on any atom is 0.156 e. The van der Waals surface area contributed by atoms with E-state index in [4.69, 9.17) is 16.3 Å². The van der Waals surface area contributed by atoms with E-state index in [0.717, 1.165) is 30.7 Å². The molecule has 0 saturated heterocycles. The van der Waals surface area contributed by atoms with Gasteiger partial charge in [0.25, 0.3) is 0 Å². The smallest absolute Gasteiger partial charge is 0.156 e. The predicted molar refractivity (Wildman–Crippen MR) is 52.3 cm³/mol. The molecule has 0 unspecified atom stereocenters. The van der Waals surface area contributed by atoms with Gasteiger partial charge in [-0.1, -0.05) is 18.5 Å². The van der Waals surface area contributed by atoms with Crippen molar-refractivity contribution in [3.05, 3.63) is 23.0 Å². The Kier molecular flexibility index (Phi) is 2.40. The zero-order chi connectivity index (χ0) is 9.26. The summed E-state index contributed by atoms with van der Waals surface area (Å²) < 4.78 is 5.56. The number of hydrogen-bond acceptors (Lipinski definition) is 2. The highest BCUT2D eigenvalue weighted by Crippen LogP contribution is 2.31. The average molecular weight is 198 g/mol. The van der Waals surface area contributed by atoms with Crippen molar-refractivity contribution in [3.63, 3.8) is 0 Å². The molecule has 0 amide bonds. The molecule has 3 heteroatoms. The Morgan fingerprint density at radius 1 is 1.62 bits per heavy atom. The molecule has 0 spiro atoms. The van der Waals surface area contributed by atoms with Crippen LogP contribution < -0.4 is 4.74 Å². The van der Waals surface area contributed by atoms with Gasteiger partial charge in [-0.3, -0.25) is 4.98 Å². The number of aryl methyl sites for hydroxylation is 1. The minimum Gasteiger partial charge on any atom is -0.487 e. The molecule has 1 aromatic heterocycles. The first-order chi connectivity index (χ1) is 6.29. The van der Waals surface area contributed by atoms with Crippen molar-refractivity contribution in [2.24, 2.45) is 0 Å². The second-order valence-electron chi connectivity index (χ2n) is 3.28. The Bertz CT molecular complexity index is 310. The number of halogens is 1. The molecule has 1 aliphatic carbocycles. The van der Waals surface area contributed by atoms with Gasteiger partial charge in [-0.2, -0.15) is 0 Å². The summed E-state index contributed by atoms with van der Waals surface area (Å²) in [5.41, 5.74) is 1.01. The van der Waals surface area contributed by atoms with Crippen molar-refractivity contribution in [3.8, 4) is 5.75 Å². The maximum absolute atomic E-state index is 6.02. The third-order valence-corrected chi connectivity index (χ3v) is 2.35. The number of aromatic nitrogens is 1. The van der Waals surface area contributed by atoms with Crippen LogP contribution in [0.5, 0.6) is 5.75 Å². The highest BCUT2D eigenvalue weighted by molar-refractivity contribution is 6.32. The number of ether oxygens (including phenoxy) is 1. The third-order valence-electron chi connectivity index (χ3n) is 2.06. The largest absolute Gasteiger partial charge is 0.487 e. The molecule has 13 heavy (non-hydrogen) atoms. The lowest BCUT2D eigenvalue weighted by atomic mass is 10.3. The van der Waals surface area contributed by atoms with Crippen molar-refractivity contribution in [1.29, 1.82) is 0 Å². The molecule has 1 aliphatic rings. The molecule has 0 aromatic carbocycles. The van der Waals surface area contributed by atoms with Crippen LogP contribution in [0.2, 0.25) is 5.02 Å². The van der Waals surface area contributed by atoms with Gasteiger partial charge in [0.05, 0.1) is 17.3 Å². The Hall–Kier alpha value is -0.760. The van der Waals surface area contributed by atoms with E-state index in [1.807, 2.05) is 6.07 Å². The lowest BCUT2D eigenvalue weighted by Crippen LogP contribution is -1.98. The van der Waals surface area contributed by atoms with Crippen LogP contribution in [0, 0.1) is 0 Å². The summed E-state index contributed by atoms with van der Waals surface area (Å²) in [6.07, 6.45) is 5.30. The number of pyridine rings is 1. The van der Waals surface area contributed by atoms with Gasteiger partial charge in [0.15, 0.2) is 5.75 Å². The normalized spacial score (nSPS) is 15.8. The first kappa shape index (κ1) is 8.82. The highest BCUT2D eigenvalue weighted by atomic mass is 35.5. The van der Waals surface area contributed by atoms with Gasteiger partial charge < -0.3 is 4.74 Å². The van der Waals surface area contributed by atoms with E-state index >= 15 is 0 Å². The van der Waals surface area contributed by atoms with Crippen LogP contribution in [0.1, 0.15) is 25.5 Å². The second kappa shape index (κ2) is 3.54. The lowest BCUT2D eigenvalue weighted by molar-refractivity contribution is 0.302. The summed E-state index contributed by atoms with van der Waals surface area (Å²) in [5.74, 6) is 0.723. The minimum absolute atomic E-state index is 0.381. The van der Waals surface area contributed by atoms with Crippen LogP contribution in [0.4, 0.5) is 0 Å². The molecule has 1 heterocycles. The fourth-order valence-electron chi connectivity index (χ4n) is 1.10. The first-order valence-corrected chi connectivity index (χ1v) is 4.98. The summed E-state index contributed by atoms with van der Waals surface area (Å²) in [5, 5.41) is 0.679. The third kappa shape index (κ3) is 2.13. The number of hydrogen-bond donors (Lipinski definition) is 0. The van der Waals surface area contributed by atoms with Crippen LogP contribution in [-0.4, -0.2) is 11.1 Å². The molecule has 0 N–H and O–H groups in total. The van der Waals surface area contributed by atoms with Crippen LogP contribution in [0.3, 0.4) is 0 Å². The minimum atomic E-state index is 0.381. The fraction of sp³-hybridized carbons (Fsp3) is 0.500. The quantitative estimate of drug-likeness (QED) is 0.744. The molecule has 0 radical (unpaired) electrons. The molecule has 2 rings (SSSR count). The SMILES string of the molecule is CCc1cc(Cl)c(OC2CC2)cn1. The summed E-state index contributed by atoms with van der Waals surface area (Å²) in [4.78, 5) is 4.23. The zero-order valence-corrected chi connectivity index (χ0v) is 8.34. The Morgan fingerprint density at radius 3 is 2.92 bits per heavy atom. The van der Waals surface area contributed by atoms with Crippen molar-refractivity contribution in [2.75, 3.05) is 0 Å². The van der Waals surface area contributed by atoms with Crippen molar-refractivity contribution in [1.82, 2.24) is 4.98 Å². The second-order valence-corrected chi connectivity index (χ2v) is 3.68. The number of rotatable bonds is 3. The molecule has 0 atom stereocenters. The Balaban J connectivity index is 2.15. The monoisotopic (exact) mass is 197 g/mol. The van der Waals surface area contributed by atoms with E-state index in [0.29, 0.717) is 11.1 Å². The van der Waals surface area contributed by atoms with Crippen molar-refractivity contribution in [2.45, 2.75) is 32.3 Å². The molecule has 70 valence electrons. The summed E-state index contributed by atoms with van der Waals surface area (Å²) in [7, 11) is 0. The summed E-state index contributed by atoms with van der Waals surface area (Å²) in [6, 6.07) is 1.87. The van der Waals surface area contributed by atoms with Crippen molar-refractivity contribution < 1.29 is 4.74 Å². The van der Waals surface area contributed by atoms with Gasteiger partial charge in [-0.25, -0.2) is 0 Å². The topological polar surface area (TPSA) is 22.1 Å². The average Bonchev–Trinajstić information content (AvgIpc) is 2.92. The van der Waals surface area contributed by atoms with Crippen LogP contribution >= 0.6 is 11.6 Å². The van der Waals surface area contributed by atoms with Crippen molar-refractivity contribution >= 4 is 11.6 Å². The fourth-order valence-corrected chi connectivity index (χ4v) is 1.32. The van der Waals surface area contributed by atoms with Gasteiger partial charge in [0.1, 0.15) is 0 Å². The van der Waals surface area contributed by atoms with Gasteiger partial charge in [-0.05, 0) is 25.3 Å². The van der Waals surface area contributed by atoms with Crippen LogP contribution in [0.25, 0.3) is 0 Å². The standard InChI is InChI=1S/C10H12ClNO/c1-2-7-5-9(11)10(6-12-7)13-8-3-4-8/h5-6,8H,2-4H2,1H3. The van der Waals surface area contributed by atoms with Crippen LogP contribution in [-0.2, 0) is 6.42 Å². The number of nitrogens with zero attached hydrogens (tertiary/aromatic N) is 1. The van der Waals surface area contributed by atoms with Gasteiger partial charge in [-0.15, -0.1) is 0 Å². The van der Waals surface area contributed by atoms with E-state index in [1.54, 1.807) is 6.20 Å². The Morgan fingerprint density at radius 2 is 2.38 bits per heavy atom. The van der Waals surface area contributed by atoms with Gasteiger partial charge >= 0.3 is 0 Å². The van der Waals surface area contributed by atoms with Gasteiger partial charge in [0.2, 0.25) is 0 Å². The lowest BCUT2D eigenvalue weighted by Gasteiger charge is -2.06. The zero-order valence-electron chi connectivity index (χ0n) is 7.59. The molecular weight excluding hydrogens is 186 g/mol. The van der Waals surface area contributed by atoms with E-state index in [9.17, 15) is 0 Å². The first-order valence-electron chi connectivity index (χ1n) is 4.60. The van der Waals surface area contributed by atoms with E-state index < -0.39 is 0 Å². The van der Waals surface area contributed by atoms with E-state index in [-0.39, 0.29) is 0 Å². The van der Waals surface area contributed by atoms with Gasteiger partial charge in [0, 0.05) is 5.69 Å². The molecular formula is C10H12ClNO. The van der Waals surface area contributed by atoms with E-state index in [2.05, 4.69) is 11.9 Å². The molecule has 0 bridgehead atoms. The summed E-state index contributed by atoms with van der Waals surface area (Å²) >= 11 is 6.02.